The highest BCUT2D eigenvalue weighted by Crippen LogP contribution is 2.18. The quantitative estimate of drug-likeness (QED) is 0.696. The van der Waals surface area contributed by atoms with Crippen LogP contribution in [-0.2, 0) is 11.2 Å². The summed E-state index contributed by atoms with van der Waals surface area (Å²) in [6.07, 6.45) is 2.40. The van der Waals surface area contributed by atoms with E-state index in [0.29, 0.717) is 19.6 Å². The highest BCUT2D eigenvalue weighted by molar-refractivity contribution is 5.90. The summed E-state index contributed by atoms with van der Waals surface area (Å²) in [6, 6.07) is 15.2. The van der Waals surface area contributed by atoms with Crippen LogP contribution in [0.5, 0.6) is 0 Å². The number of likely N-dealkylation sites (tertiary alicyclic amines) is 1. The minimum absolute atomic E-state index is 0.0171. The van der Waals surface area contributed by atoms with Crippen molar-refractivity contribution in [3.05, 3.63) is 59.7 Å². The van der Waals surface area contributed by atoms with Crippen LogP contribution in [-0.4, -0.2) is 36.5 Å². The summed E-state index contributed by atoms with van der Waals surface area (Å²) in [7, 11) is 0. The summed E-state index contributed by atoms with van der Waals surface area (Å²) in [6.45, 7) is 3.69. The summed E-state index contributed by atoms with van der Waals surface area (Å²) < 4.78 is 0. The van der Waals surface area contributed by atoms with Crippen molar-refractivity contribution >= 4 is 23.3 Å². The maximum atomic E-state index is 12.5. The van der Waals surface area contributed by atoms with Gasteiger partial charge in [0.1, 0.15) is 0 Å². The van der Waals surface area contributed by atoms with Crippen molar-refractivity contribution < 1.29 is 9.59 Å². The molecule has 4 N–H and O–H groups in total. The fraction of sp³-hybridized carbons (Fsp3) is 0.364. The normalized spacial score (nSPS) is 16.5. The van der Waals surface area contributed by atoms with Crippen molar-refractivity contribution in [2.75, 3.05) is 30.7 Å². The lowest BCUT2D eigenvalue weighted by Crippen LogP contribution is -2.47. The molecule has 6 nitrogen and oxygen atoms in total. The Morgan fingerprint density at radius 3 is 2.71 bits per heavy atom. The lowest BCUT2D eigenvalue weighted by molar-refractivity contribution is -0.126. The predicted molar refractivity (Wildman–Crippen MR) is 112 cm³/mol. The first-order valence-electron chi connectivity index (χ1n) is 9.76. The number of nitrogens with one attached hydrogen (secondary N) is 2. The molecular formula is C22H28N4O2. The van der Waals surface area contributed by atoms with E-state index in [4.69, 9.17) is 5.73 Å². The number of carbonyl (C=O) groups is 2. The third-order valence-corrected chi connectivity index (χ3v) is 5.04. The van der Waals surface area contributed by atoms with E-state index >= 15 is 0 Å². The summed E-state index contributed by atoms with van der Waals surface area (Å²) in [5.74, 6) is -0.146. The number of nitrogens with zero attached hydrogens (tertiary/aromatic N) is 1. The van der Waals surface area contributed by atoms with Crippen molar-refractivity contribution in [1.82, 2.24) is 10.2 Å². The second-order valence-corrected chi connectivity index (χ2v) is 7.37. The Labute approximate surface area is 166 Å². The van der Waals surface area contributed by atoms with E-state index in [2.05, 4.69) is 10.6 Å². The van der Waals surface area contributed by atoms with Gasteiger partial charge in [-0.3, -0.25) is 4.79 Å². The van der Waals surface area contributed by atoms with Crippen molar-refractivity contribution in [3.63, 3.8) is 0 Å². The molecule has 2 aromatic carbocycles. The molecule has 1 atom stereocenters. The SMILES string of the molecule is Cc1cccc(NC(=O)N2CCCC(C(=O)NCCc3ccc(N)cc3)C2)c1. The monoisotopic (exact) mass is 380 g/mol. The standard InChI is InChI=1S/C22H28N4O2/c1-16-4-2-6-20(14-16)25-22(28)26-13-3-5-18(15-26)21(27)24-12-11-17-7-9-19(23)10-8-17/h2,4,6-10,14,18H,3,5,11-13,15,23H2,1H3,(H,24,27)(H,25,28). The molecule has 1 aliphatic rings. The second-order valence-electron chi connectivity index (χ2n) is 7.37. The third-order valence-electron chi connectivity index (χ3n) is 5.04. The van der Waals surface area contributed by atoms with Gasteiger partial charge in [-0.05, 0) is 61.6 Å². The van der Waals surface area contributed by atoms with Crippen molar-refractivity contribution in [1.29, 1.82) is 0 Å². The molecule has 0 bridgehead atoms. The maximum Gasteiger partial charge on any atom is 0.321 e. The average Bonchev–Trinajstić information content (AvgIpc) is 2.69. The number of urea groups is 1. The van der Waals surface area contributed by atoms with Crippen LogP contribution in [0.1, 0.15) is 24.0 Å². The van der Waals surface area contributed by atoms with E-state index in [-0.39, 0.29) is 17.9 Å². The van der Waals surface area contributed by atoms with Crippen LogP contribution >= 0.6 is 0 Å². The van der Waals surface area contributed by atoms with E-state index in [1.165, 1.54) is 0 Å². The molecule has 1 unspecified atom stereocenters. The summed E-state index contributed by atoms with van der Waals surface area (Å²) in [4.78, 5) is 26.8. The molecule has 1 heterocycles. The number of nitrogens with two attached hydrogens (primary N) is 1. The first-order chi connectivity index (χ1) is 13.5. The van der Waals surface area contributed by atoms with Crippen molar-refractivity contribution in [3.8, 4) is 0 Å². The van der Waals surface area contributed by atoms with Crippen molar-refractivity contribution in [2.45, 2.75) is 26.2 Å². The van der Waals surface area contributed by atoms with Crippen LogP contribution in [0.4, 0.5) is 16.2 Å². The number of hydrogen-bond donors (Lipinski definition) is 3. The number of hydrogen-bond acceptors (Lipinski definition) is 3. The Bertz CT molecular complexity index is 820. The zero-order chi connectivity index (χ0) is 19.9. The van der Waals surface area contributed by atoms with Gasteiger partial charge in [-0.25, -0.2) is 4.79 Å². The molecule has 0 radical (unpaired) electrons. The number of anilines is 2. The van der Waals surface area contributed by atoms with Gasteiger partial charge in [0, 0.05) is 31.0 Å². The largest absolute Gasteiger partial charge is 0.399 e. The Morgan fingerprint density at radius 1 is 1.18 bits per heavy atom. The fourth-order valence-electron chi connectivity index (χ4n) is 3.46. The molecule has 0 saturated carbocycles. The zero-order valence-electron chi connectivity index (χ0n) is 16.3. The van der Waals surface area contributed by atoms with Gasteiger partial charge in [0.15, 0.2) is 0 Å². The number of nitrogen functional groups attached to an aromatic ring is 1. The molecule has 28 heavy (non-hydrogen) atoms. The Balaban J connectivity index is 1.47. The van der Waals surface area contributed by atoms with Crippen LogP contribution in [0, 0.1) is 12.8 Å². The highest BCUT2D eigenvalue weighted by Gasteiger charge is 2.28. The van der Waals surface area contributed by atoms with Gasteiger partial charge in [-0.2, -0.15) is 0 Å². The minimum atomic E-state index is -0.163. The number of piperidine rings is 1. The number of amides is 3. The molecule has 0 aliphatic carbocycles. The molecule has 148 valence electrons. The first-order valence-corrected chi connectivity index (χ1v) is 9.76. The number of aryl methyl sites for hydroxylation is 1. The number of rotatable bonds is 5. The Kier molecular flexibility index (Phi) is 6.53. The van der Waals surface area contributed by atoms with E-state index in [9.17, 15) is 9.59 Å². The summed E-state index contributed by atoms with van der Waals surface area (Å²) in [5.41, 5.74) is 9.43. The third kappa shape index (κ3) is 5.49. The molecule has 0 aromatic heterocycles. The topological polar surface area (TPSA) is 87.5 Å². The molecular weight excluding hydrogens is 352 g/mol. The molecule has 1 fully saturated rings. The van der Waals surface area contributed by atoms with E-state index in [1.807, 2.05) is 55.5 Å². The Hall–Kier alpha value is -3.02. The molecule has 0 spiro atoms. The van der Waals surface area contributed by atoms with Gasteiger partial charge in [0.05, 0.1) is 5.92 Å². The van der Waals surface area contributed by atoms with Gasteiger partial charge in [-0.1, -0.05) is 24.3 Å². The van der Waals surface area contributed by atoms with Gasteiger partial charge in [0.2, 0.25) is 5.91 Å². The van der Waals surface area contributed by atoms with Crippen LogP contribution < -0.4 is 16.4 Å². The van der Waals surface area contributed by atoms with Gasteiger partial charge < -0.3 is 21.3 Å². The van der Waals surface area contributed by atoms with Gasteiger partial charge in [-0.15, -0.1) is 0 Å². The Morgan fingerprint density at radius 2 is 1.96 bits per heavy atom. The predicted octanol–water partition coefficient (Wildman–Crippen LogP) is 3.18. The lowest BCUT2D eigenvalue weighted by Gasteiger charge is -2.32. The maximum absolute atomic E-state index is 12.5. The number of carbonyl (C=O) groups excluding carboxylic acids is 2. The summed E-state index contributed by atoms with van der Waals surface area (Å²) >= 11 is 0. The van der Waals surface area contributed by atoms with E-state index in [1.54, 1.807) is 4.90 Å². The fourth-order valence-corrected chi connectivity index (χ4v) is 3.46. The second kappa shape index (κ2) is 9.26. The average molecular weight is 380 g/mol. The van der Waals surface area contributed by atoms with E-state index in [0.717, 1.165) is 41.8 Å². The smallest absolute Gasteiger partial charge is 0.321 e. The molecule has 1 saturated heterocycles. The molecule has 3 rings (SSSR count). The van der Waals surface area contributed by atoms with Crippen molar-refractivity contribution in [2.24, 2.45) is 5.92 Å². The summed E-state index contributed by atoms with van der Waals surface area (Å²) in [5, 5.41) is 5.93. The van der Waals surface area contributed by atoms with Crippen LogP contribution in [0.25, 0.3) is 0 Å². The van der Waals surface area contributed by atoms with Gasteiger partial charge in [0.25, 0.3) is 0 Å². The van der Waals surface area contributed by atoms with Crippen LogP contribution in [0.15, 0.2) is 48.5 Å². The lowest BCUT2D eigenvalue weighted by atomic mass is 9.97. The minimum Gasteiger partial charge on any atom is -0.399 e. The molecule has 1 aliphatic heterocycles. The number of benzene rings is 2. The molecule has 3 amide bonds. The highest BCUT2D eigenvalue weighted by atomic mass is 16.2. The first kappa shape index (κ1) is 19.7. The molecule has 6 heteroatoms. The van der Waals surface area contributed by atoms with E-state index < -0.39 is 0 Å². The van der Waals surface area contributed by atoms with Crippen LogP contribution in [0.2, 0.25) is 0 Å². The molecule has 2 aromatic rings. The van der Waals surface area contributed by atoms with Crippen LogP contribution in [0.3, 0.4) is 0 Å². The zero-order valence-corrected chi connectivity index (χ0v) is 16.3. The van der Waals surface area contributed by atoms with Gasteiger partial charge >= 0.3 is 6.03 Å².